The van der Waals surface area contributed by atoms with Crippen LogP contribution in [0.1, 0.15) is 5.56 Å². The SMILES string of the molecule is C=c1[nH]c(=O)/c(=C/c2ccccc2-c2cccc(O)c2)s1. The summed E-state index contributed by atoms with van der Waals surface area (Å²) in [5.74, 6) is 0.219. The van der Waals surface area contributed by atoms with Crippen LogP contribution in [0.25, 0.3) is 23.8 Å². The highest BCUT2D eigenvalue weighted by atomic mass is 32.1. The molecule has 0 atom stereocenters. The van der Waals surface area contributed by atoms with Crippen LogP contribution < -0.4 is 14.8 Å². The van der Waals surface area contributed by atoms with Crippen LogP contribution in [0.4, 0.5) is 0 Å². The number of phenolic OH excluding ortho intramolecular Hbond substituents is 1. The molecule has 1 aromatic heterocycles. The van der Waals surface area contributed by atoms with Crippen molar-refractivity contribution in [2.24, 2.45) is 0 Å². The number of aromatic hydroxyl groups is 1. The highest BCUT2D eigenvalue weighted by molar-refractivity contribution is 7.07. The van der Waals surface area contributed by atoms with E-state index in [4.69, 9.17) is 0 Å². The number of thiazole rings is 1. The van der Waals surface area contributed by atoms with E-state index >= 15 is 0 Å². The van der Waals surface area contributed by atoms with Crippen molar-refractivity contribution in [1.82, 2.24) is 4.98 Å². The summed E-state index contributed by atoms with van der Waals surface area (Å²) < 4.78 is 1.26. The molecule has 0 aliphatic carbocycles. The average Bonchev–Trinajstić information content (AvgIpc) is 2.77. The van der Waals surface area contributed by atoms with Crippen molar-refractivity contribution in [3.05, 3.63) is 73.6 Å². The molecule has 104 valence electrons. The molecule has 3 rings (SSSR count). The summed E-state index contributed by atoms with van der Waals surface area (Å²) in [7, 11) is 0. The zero-order chi connectivity index (χ0) is 14.8. The van der Waals surface area contributed by atoms with Gasteiger partial charge in [0.25, 0.3) is 5.56 Å². The van der Waals surface area contributed by atoms with Crippen molar-refractivity contribution >= 4 is 24.0 Å². The van der Waals surface area contributed by atoms with Gasteiger partial charge in [0.1, 0.15) is 5.75 Å². The molecule has 0 saturated carbocycles. The lowest BCUT2D eigenvalue weighted by Crippen LogP contribution is -2.19. The molecule has 0 fully saturated rings. The van der Waals surface area contributed by atoms with Crippen LogP contribution >= 0.6 is 11.3 Å². The average molecular weight is 295 g/mol. The van der Waals surface area contributed by atoms with Crippen molar-refractivity contribution in [3.8, 4) is 16.9 Å². The van der Waals surface area contributed by atoms with Crippen LogP contribution in [0.15, 0.2) is 53.3 Å². The standard InChI is InChI=1S/C17H13NO2S/c1-11-18-17(20)16(21-11)10-13-5-2-3-8-15(13)12-6-4-7-14(19)9-12/h2-10,19H,1H2,(H,18,20)/b16-10-. The smallest absolute Gasteiger partial charge is 0.266 e. The Morgan fingerprint density at radius 1 is 1.14 bits per heavy atom. The fraction of sp³-hybridized carbons (Fsp3) is 0. The number of aromatic amines is 1. The lowest BCUT2D eigenvalue weighted by molar-refractivity contribution is 0.475. The number of aromatic nitrogens is 1. The topological polar surface area (TPSA) is 53.1 Å². The van der Waals surface area contributed by atoms with Gasteiger partial charge in [0.2, 0.25) is 0 Å². The van der Waals surface area contributed by atoms with E-state index in [0.717, 1.165) is 16.7 Å². The maximum absolute atomic E-state index is 11.8. The molecule has 1 heterocycles. The van der Waals surface area contributed by atoms with Gasteiger partial charge in [-0.25, -0.2) is 0 Å². The van der Waals surface area contributed by atoms with Crippen molar-refractivity contribution in [1.29, 1.82) is 0 Å². The fourth-order valence-electron chi connectivity index (χ4n) is 2.19. The Balaban J connectivity index is 2.22. The van der Waals surface area contributed by atoms with Gasteiger partial charge in [0.05, 0.1) is 9.20 Å². The predicted molar refractivity (Wildman–Crippen MR) is 86.8 cm³/mol. The second-order valence-corrected chi connectivity index (χ2v) is 5.76. The first-order valence-electron chi connectivity index (χ1n) is 6.42. The third-order valence-corrected chi connectivity index (χ3v) is 3.99. The minimum atomic E-state index is -0.129. The number of benzene rings is 2. The molecular formula is C17H13NO2S. The van der Waals surface area contributed by atoms with Crippen molar-refractivity contribution in [3.63, 3.8) is 0 Å². The lowest BCUT2D eigenvalue weighted by atomic mass is 9.99. The van der Waals surface area contributed by atoms with Crippen LogP contribution in [0.2, 0.25) is 0 Å². The van der Waals surface area contributed by atoms with Crippen molar-refractivity contribution in [2.75, 3.05) is 0 Å². The van der Waals surface area contributed by atoms with Crippen molar-refractivity contribution < 1.29 is 5.11 Å². The Kier molecular flexibility index (Phi) is 3.46. The van der Waals surface area contributed by atoms with Gasteiger partial charge >= 0.3 is 0 Å². The quantitative estimate of drug-likeness (QED) is 0.760. The number of hydrogen-bond donors (Lipinski definition) is 2. The number of nitrogens with one attached hydrogen (secondary N) is 1. The molecule has 0 radical (unpaired) electrons. The predicted octanol–water partition coefficient (Wildman–Crippen LogP) is 2.05. The summed E-state index contributed by atoms with van der Waals surface area (Å²) in [5.41, 5.74) is 2.67. The molecule has 2 aromatic carbocycles. The second-order valence-electron chi connectivity index (χ2n) is 4.63. The van der Waals surface area contributed by atoms with E-state index in [0.29, 0.717) is 9.20 Å². The Bertz CT molecular complexity index is 953. The normalized spacial score (nSPS) is 11.7. The van der Waals surface area contributed by atoms with Gasteiger partial charge in [-0.05, 0) is 34.9 Å². The molecule has 3 nitrogen and oxygen atoms in total. The van der Waals surface area contributed by atoms with E-state index in [1.807, 2.05) is 36.4 Å². The molecular weight excluding hydrogens is 282 g/mol. The Morgan fingerprint density at radius 3 is 2.67 bits per heavy atom. The first kappa shape index (κ1) is 13.4. The summed E-state index contributed by atoms with van der Waals surface area (Å²) in [4.78, 5) is 14.5. The van der Waals surface area contributed by atoms with E-state index in [-0.39, 0.29) is 11.3 Å². The van der Waals surface area contributed by atoms with Crippen LogP contribution in [0.5, 0.6) is 5.75 Å². The largest absolute Gasteiger partial charge is 0.508 e. The first-order chi connectivity index (χ1) is 10.1. The summed E-state index contributed by atoms with van der Waals surface area (Å²) in [6, 6.07) is 14.8. The third-order valence-electron chi connectivity index (χ3n) is 3.11. The second kappa shape index (κ2) is 5.42. The first-order valence-corrected chi connectivity index (χ1v) is 7.23. The van der Waals surface area contributed by atoms with Crippen molar-refractivity contribution in [2.45, 2.75) is 0 Å². The van der Waals surface area contributed by atoms with Crippen LogP contribution in [0, 0.1) is 0 Å². The van der Waals surface area contributed by atoms with Crippen LogP contribution in [0.3, 0.4) is 0 Å². The molecule has 0 aliphatic heterocycles. The summed E-state index contributed by atoms with van der Waals surface area (Å²) in [6.45, 7) is 3.75. The van der Waals surface area contributed by atoms with Crippen LogP contribution in [-0.2, 0) is 0 Å². The van der Waals surface area contributed by atoms with E-state index < -0.39 is 0 Å². The highest BCUT2D eigenvalue weighted by Crippen LogP contribution is 2.26. The molecule has 0 bridgehead atoms. The molecule has 0 amide bonds. The third kappa shape index (κ3) is 2.80. The van der Waals surface area contributed by atoms with Gasteiger partial charge in [0, 0.05) is 0 Å². The van der Waals surface area contributed by atoms with Gasteiger partial charge in [-0.1, -0.05) is 43.0 Å². The fourth-order valence-corrected chi connectivity index (χ4v) is 2.93. The summed E-state index contributed by atoms with van der Waals surface area (Å²) >= 11 is 1.33. The lowest BCUT2D eigenvalue weighted by Gasteiger charge is -2.06. The van der Waals surface area contributed by atoms with E-state index in [2.05, 4.69) is 11.6 Å². The molecule has 0 aliphatic rings. The number of H-pyrrole nitrogens is 1. The highest BCUT2D eigenvalue weighted by Gasteiger charge is 2.04. The van der Waals surface area contributed by atoms with Crippen LogP contribution in [-0.4, -0.2) is 10.1 Å². The van der Waals surface area contributed by atoms with Gasteiger partial charge in [-0.3, -0.25) is 4.79 Å². The zero-order valence-corrected chi connectivity index (χ0v) is 12.0. The Labute approximate surface area is 125 Å². The Morgan fingerprint density at radius 2 is 1.95 bits per heavy atom. The molecule has 4 heteroatoms. The number of phenols is 1. The molecule has 3 aromatic rings. The number of rotatable bonds is 2. The monoisotopic (exact) mass is 295 g/mol. The van der Waals surface area contributed by atoms with Gasteiger partial charge < -0.3 is 10.1 Å². The van der Waals surface area contributed by atoms with Gasteiger partial charge in [0.15, 0.2) is 0 Å². The summed E-state index contributed by atoms with van der Waals surface area (Å²) in [6.07, 6.45) is 1.84. The molecule has 0 saturated heterocycles. The maximum Gasteiger partial charge on any atom is 0.266 e. The van der Waals surface area contributed by atoms with E-state index in [9.17, 15) is 9.90 Å². The zero-order valence-electron chi connectivity index (χ0n) is 11.2. The minimum Gasteiger partial charge on any atom is -0.508 e. The molecule has 2 N–H and O–H groups in total. The minimum absolute atomic E-state index is 0.129. The number of hydrogen-bond acceptors (Lipinski definition) is 3. The Hall–Kier alpha value is -2.59. The molecule has 0 unspecified atom stereocenters. The maximum atomic E-state index is 11.8. The molecule has 21 heavy (non-hydrogen) atoms. The van der Waals surface area contributed by atoms with E-state index in [1.165, 1.54) is 11.3 Å². The molecule has 0 spiro atoms. The van der Waals surface area contributed by atoms with Gasteiger partial charge in [-0.15, -0.1) is 11.3 Å². The van der Waals surface area contributed by atoms with E-state index in [1.54, 1.807) is 18.2 Å². The van der Waals surface area contributed by atoms with Gasteiger partial charge in [-0.2, -0.15) is 0 Å². The summed E-state index contributed by atoms with van der Waals surface area (Å²) in [5, 5.41) is 9.63.